The van der Waals surface area contributed by atoms with Crippen LogP contribution in [-0.4, -0.2) is 51.4 Å². The average Bonchev–Trinajstić information content (AvgIpc) is 2.82. The van der Waals surface area contributed by atoms with Crippen LogP contribution in [0, 0.1) is 0 Å². The van der Waals surface area contributed by atoms with Crippen molar-refractivity contribution in [1.82, 2.24) is 14.5 Å². The molecule has 21 heavy (non-hydrogen) atoms. The molecule has 0 aromatic carbocycles. The van der Waals surface area contributed by atoms with E-state index in [1.54, 1.807) is 4.57 Å². The van der Waals surface area contributed by atoms with E-state index in [0.29, 0.717) is 24.7 Å². The maximum absolute atomic E-state index is 12.5. The van der Waals surface area contributed by atoms with E-state index < -0.39 is 0 Å². The fourth-order valence-electron chi connectivity index (χ4n) is 2.95. The molecule has 1 saturated heterocycles. The van der Waals surface area contributed by atoms with E-state index in [1.807, 2.05) is 18.7 Å². The van der Waals surface area contributed by atoms with Crippen LogP contribution in [0.25, 0.3) is 0 Å². The van der Waals surface area contributed by atoms with Gasteiger partial charge in [0.25, 0.3) is 5.56 Å². The molecular weight excluding hydrogens is 290 g/mol. The molecule has 0 aliphatic carbocycles. The number of aromatic nitrogens is 2. The summed E-state index contributed by atoms with van der Waals surface area (Å²) in [5.41, 5.74) is -0.0773. The van der Waals surface area contributed by atoms with Crippen LogP contribution in [0.15, 0.2) is 22.2 Å². The number of carbonyl (C=O) groups excluding carboxylic acids is 1. The second-order valence-corrected chi connectivity index (χ2v) is 6.65. The van der Waals surface area contributed by atoms with Gasteiger partial charge < -0.3 is 9.64 Å². The number of rotatable bonds is 2. The lowest BCUT2D eigenvalue weighted by Gasteiger charge is -2.35. The van der Waals surface area contributed by atoms with Gasteiger partial charge in [0.05, 0.1) is 18.2 Å². The van der Waals surface area contributed by atoms with Gasteiger partial charge in [-0.2, -0.15) is 0 Å². The molecule has 1 fully saturated rings. The molecule has 0 spiro atoms. The lowest BCUT2D eigenvalue weighted by molar-refractivity contribution is -0.143. The summed E-state index contributed by atoms with van der Waals surface area (Å²) in [5.74, 6) is 0.819. The lowest BCUT2D eigenvalue weighted by atomic mass is 10.1. The Bertz CT molecular complexity index is 593. The average molecular weight is 309 g/mol. The van der Waals surface area contributed by atoms with Crippen molar-refractivity contribution in [3.8, 4) is 0 Å². The van der Waals surface area contributed by atoms with E-state index in [1.165, 1.54) is 24.0 Å². The van der Waals surface area contributed by atoms with Gasteiger partial charge in [0.1, 0.15) is 0 Å². The molecular formula is C14H19N3O3S. The predicted octanol–water partition coefficient (Wildman–Crippen LogP) is 0.916. The standard InChI is InChI=1S/C14H19N3O3S/c1-9-6-16(7-10(2)20-9)13(19)5-11-8-21-14-15-4-3-12(18)17(11)14/h3-4,9-11H,5-8H2,1-2H3/t9-,10-,11+/m1/s1. The van der Waals surface area contributed by atoms with Crippen molar-refractivity contribution in [1.29, 1.82) is 0 Å². The zero-order valence-electron chi connectivity index (χ0n) is 12.2. The third-order valence-electron chi connectivity index (χ3n) is 3.80. The van der Waals surface area contributed by atoms with Gasteiger partial charge in [-0.15, -0.1) is 0 Å². The van der Waals surface area contributed by atoms with Gasteiger partial charge in [0, 0.05) is 37.5 Å². The molecule has 0 N–H and O–H groups in total. The summed E-state index contributed by atoms with van der Waals surface area (Å²) in [4.78, 5) is 30.5. The molecule has 6 nitrogen and oxygen atoms in total. The summed E-state index contributed by atoms with van der Waals surface area (Å²) in [5, 5.41) is 0.712. The summed E-state index contributed by atoms with van der Waals surface area (Å²) in [6, 6.07) is 1.36. The molecule has 3 atom stereocenters. The molecule has 0 bridgehead atoms. The van der Waals surface area contributed by atoms with Crippen molar-refractivity contribution in [3.63, 3.8) is 0 Å². The highest BCUT2D eigenvalue weighted by Gasteiger charge is 2.31. The fraction of sp³-hybridized carbons (Fsp3) is 0.643. The summed E-state index contributed by atoms with van der Waals surface area (Å²) in [7, 11) is 0. The van der Waals surface area contributed by atoms with Crippen molar-refractivity contribution in [2.75, 3.05) is 18.8 Å². The van der Waals surface area contributed by atoms with E-state index in [-0.39, 0.29) is 29.7 Å². The Kier molecular flexibility index (Phi) is 4.03. The van der Waals surface area contributed by atoms with Crippen molar-refractivity contribution in [2.24, 2.45) is 0 Å². The number of hydrogen-bond donors (Lipinski definition) is 0. The predicted molar refractivity (Wildman–Crippen MR) is 79.5 cm³/mol. The highest BCUT2D eigenvalue weighted by atomic mass is 32.2. The fourth-order valence-corrected chi connectivity index (χ4v) is 4.07. The van der Waals surface area contributed by atoms with Gasteiger partial charge in [-0.1, -0.05) is 11.8 Å². The minimum absolute atomic E-state index is 0.0623. The molecule has 1 aromatic rings. The first-order valence-corrected chi connectivity index (χ1v) is 8.16. The number of amides is 1. The van der Waals surface area contributed by atoms with Gasteiger partial charge in [0.2, 0.25) is 5.91 Å². The quantitative estimate of drug-likeness (QED) is 0.760. The highest BCUT2D eigenvalue weighted by molar-refractivity contribution is 7.99. The van der Waals surface area contributed by atoms with Gasteiger partial charge in [0.15, 0.2) is 5.16 Å². The van der Waals surface area contributed by atoms with Crippen LogP contribution < -0.4 is 5.56 Å². The highest BCUT2D eigenvalue weighted by Crippen LogP contribution is 2.32. The lowest BCUT2D eigenvalue weighted by Crippen LogP contribution is -2.48. The van der Waals surface area contributed by atoms with Crippen molar-refractivity contribution >= 4 is 17.7 Å². The molecule has 1 amide bonds. The minimum atomic E-state index is -0.0906. The maximum Gasteiger partial charge on any atom is 0.254 e. The van der Waals surface area contributed by atoms with E-state index >= 15 is 0 Å². The number of thioether (sulfide) groups is 1. The molecule has 2 aliphatic heterocycles. The smallest absolute Gasteiger partial charge is 0.254 e. The van der Waals surface area contributed by atoms with Crippen LogP contribution in [-0.2, 0) is 9.53 Å². The second kappa shape index (κ2) is 5.81. The number of ether oxygens (including phenoxy) is 1. The van der Waals surface area contributed by atoms with Crippen LogP contribution in [0.4, 0.5) is 0 Å². The van der Waals surface area contributed by atoms with Gasteiger partial charge in [-0.25, -0.2) is 4.98 Å². The number of nitrogens with zero attached hydrogens (tertiary/aromatic N) is 3. The molecule has 0 saturated carbocycles. The third kappa shape index (κ3) is 2.98. The van der Waals surface area contributed by atoms with E-state index in [9.17, 15) is 9.59 Å². The minimum Gasteiger partial charge on any atom is -0.372 e. The van der Waals surface area contributed by atoms with Gasteiger partial charge in [-0.05, 0) is 13.8 Å². The zero-order valence-corrected chi connectivity index (χ0v) is 13.0. The first-order valence-electron chi connectivity index (χ1n) is 7.18. The topological polar surface area (TPSA) is 64.4 Å². The Hall–Kier alpha value is -1.34. The third-order valence-corrected chi connectivity index (χ3v) is 4.91. The summed E-state index contributed by atoms with van der Waals surface area (Å²) in [6.45, 7) is 5.20. The van der Waals surface area contributed by atoms with Crippen LogP contribution in [0.1, 0.15) is 26.3 Å². The Balaban J connectivity index is 1.71. The Morgan fingerprint density at radius 3 is 2.86 bits per heavy atom. The van der Waals surface area contributed by atoms with E-state index in [2.05, 4.69) is 4.98 Å². The van der Waals surface area contributed by atoms with Gasteiger partial charge in [-0.3, -0.25) is 14.2 Å². The van der Waals surface area contributed by atoms with E-state index in [4.69, 9.17) is 4.74 Å². The van der Waals surface area contributed by atoms with E-state index in [0.717, 1.165) is 5.75 Å². The second-order valence-electron chi connectivity index (χ2n) is 5.66. The number of carbonyl (C=O) groups is 1. The normalized spacial score (nSPS) is 28.5. The first kappa shape index (κ1) is 14.6. The van der Waals surface area contributed by atoms with Crippen molar-refractivity contribution in [2.45, 2.75) is 43.7 Å². The molecule has 3 rings (SSSR count). The SMILES string of the molecule is C[C@@H]1CN(C(=O)C[C@H]2CSc3nccc(=O)n32)C[C@@H](C)O1. The molecule has 2 aliphatic rings. The molecule has 0 unspecified atom stereocenters. The Morgan fingerprint density at radius 2 is 2.14 bits per heavy atom. The first-order chi connectivity index (χ1) is 10.0. The van der Waals surface area contributed by atoms with Gasteiger partial charge >= 0.3 is 0 Å². The summed E-state index contributed by atoms with van der Waals surface area (Å²) < 4.78 is 7.30. The Labute approximate surface area is 127 Å². The zero-order chi connectivity index (χ0) is 15.0. The molecule has 114 valence electrons. The monoisotopic (exact) mass is 309 g/mol. The van der Waals surface area contributed by atoms with Crippen molar-refractivity contribution < 1.29 is 9.53 Å². The van der Waals surface area contributed by atoms with Crippen LogP contribution in [0.2, 0.25) is 0 Å². The summed E-state index contributed by atoms with van der Waals surface area (Å²) >= 11 is 1.54. The van der Waals surface area contributed by atoms with Crippen LogP contribution >= 0.6 is 11.8 Å². The molecule has 3 heterocycles. The molecule has 7 heteroatoms. The number of morpholine rings is 1. The summed E-state index contributed by atoms with van der Waals surface area (Å²) in [6.07, 6.45) is 2.00. The van der Waals surface area contributed by atoms with Crippen molar-refractivity contribution in [3.05, 3.63) is 22.6 Å². The Morgan fingerprint density at radius 1 is 1.43 bits per heavy atom. The molecule has 1 aromatic heterocycles. The van der Waals surface area contributed by atoms with Crippen LogP contribution in [0.5, 0.6) is 0 Å². The van der Waals surface area contributed by atoms with Crippen LogP contribution in [0.3, 0.4) is 0 Å². The maximum atomic E-state index is 12.5. The number of hydrogen-bond acceptors (Lipinski definition) is 5. The largest absolute Gasteiger partial charge is 0.372 e. The number of fused-ring (bicyclic) bond motifs is 1. The molecule has 0 radical (unpaired) electrons.